The zero-order valence-corrected chi connectivity index (χ0v) is 19.2. The standard InChI is InChI=1S/C20H19Cl2F3N4O4/c1-18(2,3)33-17(32)28-7-9(8-28)16(31)27-19(20(23,24)25)14(30)6-15-26-12-4-10(21)11(22)5-13(12)29(15)19/h4-5,9H,6-8H2,1-3H3,(H,27,31). The average Bonchev–Trinajstić information content (AvgIpc) is 3.06. The zero-order valence-electron chi connectivity index (χ0n) is 17.7. The van der Waals surface area contributed by atoms with Crippen LogP contribution in [0.3, 0.4) is 0 Å². The summed E-state index contributed by atoms with van der Waals surface area (Å²) in [5, 5.41) is 1.98. The first-order valence-electron chi connectivity index (χ1n) is 9.91. The van der Waals surface area contributed by atoms with Gasteiger partial charge in [0.15, 0.2) is 5.78 Å². The van der Waals surface area contributed by atoms with Crippen LogP contribution in [0, 0.1) is 5.92 Å². The van der Waals surface area contributed by atoms with Gasteiger partial charge in [0.2, 0.25) is 5.91 Å². The van der Waals surface area contributed by atoms with E-state index in [0.717, 1.165) is 0 Å². The summed E-state index contributed by atoms with van der Waals surface area (Å²) < 4.78 is 49.2. The molecule has 0 radical (unpaired) electrons. The number of halogens is 5. The monoisotopic (exact) mass is 506 g/mol. The van der Waals surface area contributed by atoms with Gasteiger partial charge >= 0.3 is 12.3 Å². The molecule has 0 bridgehead atoms. The molecule has 1 saturated heterocycles. The van der Waals surface area contributed by atoms with Gasteiger partial charge in [0.1, 0.15) is 11.4 Å². The average molecular weight is 507 g/mol. The number of imidazole rings is 1. The van der Waals surface area contributed by atoms with Crippen molar-refractivity contribution in [2.24, 2.45) is 5.92 Å². The second-order valence-corrected chi connectivity index (χ2v) is 9.81. The van der Waals surface area contributed by atoms with Crippen LogP contribution in [0.5, 0.6) is 0 Å². The van der Waals surface area contributed by atoms with Crippen molar-refractivity contribution in [1.82, 2.24) is 19.8 Å². The fourth-order valence-corrected chi connectivity index (χ4v) is 4.21. The van der Waals surface area contributed by atoms with Crippen molar-refractivity contribution >= 4 is 52.0 Å². The summed E-state index contributed by atoms with van der Waals surface area (Å²) in [6.45, 7) is 4.73. The number of ether oxygens (including phenoxy) is 1. The van der Waals surface area contributed by atoms with Crippen LogP contribution in [0.2, 0.25) is 10.0 Å². The van der Waals surface area contributed by atoms with Gasteiger partial charge in [-0.15, -0.1) is 0 Å². The van der Waals surface area contributed by atoms with Gasteiger partial charge in [-0.3, -0.25) is 14.2 Å². The van der Waals surface area contributed by atoms with E-state index in [1.165, 1.54) is 17.0 Å². The summed E-state index contributed by atoms with van der Waals surface area (Å²) in [4.78, 5) is 42.9. The molecule has 1 aromatic heterocycles. The first-order chi connectivity index (χ1) is 15.1. The quantitative estimate of drug-likeness (QED) is 0.670. The van der Waals surface area contributed by atoms with Gasteiger partial charge in [-0.25, -0.2) is 9.78 Å². The molecule has 1 aromatic carbocycles. The molecule has 1 atom stereocenters. The minimum absolute atomic E-state index is 0.0272. The van der Waals surface area contributed by atoms with Crippen molar-refractivity contribution < 1.29 is 32.3 Å². The number of alkyl halides is 3. The molecule has 4 rings (SSSR count). The van der Waals surface area contributed by atoms with Crippen molar-refractivity contribution in [2.45, 2.75) is 44.6 Å². The van der Waals surface area contributed by atoms with Crippen LogP contribution in [0.25, 0.3) is 11.0 Å². The third-order valence-electron chi connectivity index (χ3n) is 5.44. The van der Waals surface area contributed by atoms with Crippen molar-refractivity contribution in [2.75, 3.05) is 13.1 Å². The number of carbonyl (C=O) groups excluding carboxylic acids is 3. The van der Waals surface area contributed by atoms with Crippen LogP contribution in [0.1, 0.15) is 26.6 Å². The van der Waals surface area contributed by atoms with E-state index in [1.807, 2.05) is 5.32 Å². The Bertz CT molecular complexity index is 1180. The maximum absolute atomic E-state index is 14.4. The lowest BCUT2D eigenvalue weighted by atomic mass is 9.97. The van der Waals surface area contributed by atoms with Gasteiger partial charge in [0.25, 0.3) is 5.66 Å². The smallest absolute Gasteiger partial charge is 0.438 e. The van der Waals surface area contributed by atoms with Gasteiger partial charge in [-0.2, -0.15) is 13.2 Å². The molecule has 2 aliphatic rings. The number of likely N-dealkylation sites (tertiary alicyclic amines) is 1. The van der Waals surface area contributed by atoms with Gasteiger partial charge in [0.05, 0.1) is 33.4 Å². The third-order valence-corrected chi connectivity index (χ3v) is 6.16. The Morgan fingerprint density at radius 3 is 2.36 bits per heavy atom. The van der Waals surface area contributed by atoms with E-state index in [1.54, 1.807) is 20.8 Å². The Balaban J connectivity index is 1.65. The Morgan fingerprint density at radius 1 is 1.18 bits per heavy atom. The fourth-order valence-electron chi connectivity index (χ4n) is 3.89. The third kappa shape index (κ3) is 3.80. The molecular weight excluding hydrogens is 488 g/mol. The molecule has 0 saturated carbocycles. The van der Waals surface area contributed by atoms with Gasteiger partial charge in [-0.05, 0) is 32.9 Å². The number of carbonyl (C=O) groups is 3. The van der Waals surface area contributed by atoms with Crippen molar-refractivity contribution in [3.05, 3.63) is 28.0 Å². The van der Waals surface area contributed by atoms with E-state index in [-0.39, 0.29) is 40.0 Å². The summed E-state index contributed by atoms with van der Waals surface area (Å²) >= 11 is 11.9. The highest BCUT2D eigenvalue weighted by Gasteiger charge is 2.67. The Kier molecular flexibility index (Phi) is 5.36. The zero-order chi connectivity index (χ0) is 24.5. The number of amides is 2. The molecule has 8 nitrogen and oxygen atoms in total. The second-order valence-electron chi connectivity index (χ2n) is 9.00. The predicted octanol–water partition coefficient (Wildman–Crippen LogP) is 3.67. The lowest BCUT2D eigenvalue weighted by molar-refractivity contribution is -0.219. The van der Waals surface area contributed by atoms with Gasteiger partial charge in [0, 0.05) is 13.1 Å². The first kappa shape index (κ1) is 23.6. The van der Waals surface area contributed by atoms with E-state index < -0.39 is 47.6 Å². The molecule has 13 heteroatoms. The Morgan fingerprint density at radius 2 is 1.79 bits per heavy atom. The second kappa shape index (κ2) is 7.49. The van der Waals surface area contributed by atoms with Crippen LogP contribution in [-0.4, -0.2) is 57.1 Å². The fraction of sp³-hybridized carbons (Fsp3) is 0.500. The Hall–Kier alpha value is -2.53. The number of nitrogens with one attached hydrogen (secondary N) is 1. The van der Waals surface area contributed by atoms with E-state index in [4.69, 9.17) is 27.9 Å². The van der Waals surface area contributed by atoms with Crippen molar-refractivity contribution in [3.63, 3.8) is 0 Å². The SMILES string of the molecule is CC(C)(C)OC(=O)N1CC(C(=O)NC2(C(F)(F)F)C(=O)Cc3nc4cc(Cl)c(Cl)cc4n32)C1. The summed E-state index contributed by atoms with van der Waals surface area (Å²) in [5.41, 5.74) is -4.09. The molecule has 2 aliphatic heterocycles. The number of ketones is 1. The molecule has 2 aromatic rings. The van der Waals surface area contributed by atoms with E-state index in [2.05, 4.69) is 4.98 Å². The van der Waals surface area contributed by atoms with E-state index in [0.29, 0.717) is 4.57 Å². The van der Waals surface area contributed by atoms with Crippen LogP contribution in [-0.2, 0) is 26.4 Å². The maximum Gasteiger partial charge on any atom is 0.438 e. The molecule has 0 aliphatic carbocycles. The molecule has 1 unspecified atom stereocenters. The number of benzene rings is 1. The van der Waals surface area contributed by atoms with Crippen LogP contribution >= 0.6 is 23.2 Å². The number of nitrogens with zero attached hydrogens (tertiary/aromatic N) is 3. The minimum Gasteiger partial charge on any atom is -0.444 e. The number of aromatic nitrogens is 2. The summed E-state index contributed by atoms with van der Waals surface area (Å²) in [6.07, 6.45) is -6.50. The van der Waals surface area contributed by atoms with Gasteiger partial charge < -0.3 is 15.0 Å². The van der Waals surface area contributed by atoms with E-state index in [9.17, 15) is 27.6 Å². The molecule has 2 amide bonds. The predicted molar refractivity (Wildman–Crippen MR) is 112 cm³/mol. The number of hydrogen-bond donors (Lipinski definition) is 1. The topological polar surface area (TPSA) is 93.5 Å². The lowest BCUT2D eigenvalue weighted by Gasteiger charge is -2.41. The number of rotatable bonds is 2. The number of Topliss-reactive ketones (excluding diaryl/α,β-unsaturated/α-hetero) is 1. The highest BCUT2D eigenvalue weighted by atomic mass is 35.5. The van der Waals surface area contributed by atoms with Crippen LogP contribution in [0.4, 0.5) is 18.0 Å². The number of fused-ring (bicyclic) bond motifs is 3. The highest BCUT2D eigenvalue weighted by molar-refractivity contribution is 6.42. The summed E-state index contributed by atoms with van der Waals surface area (Å²) in [5.74, 6) is -3.41. The maximum atomic E-state index is 14.4. The summed E-state index contributed by atoms with van der Waals surface area (Å²) in [7, 11) is 0. The van der Waals surface area contributed by atoms with Crippen molar-refractivity contribution in [3.8, 4) is 0 Å². The van der Waals surface area contributed by atoms with Crippen LogP contribution < -0.4 is 5.32 Å². The Labute approximate surface area is 195 Å². The molecule has 1 N–H and O–H groups in total. The number of hydrogen-bond acceptors (Lipinski definition) is 5. The first-order valence-corrected chi connectivity index (χ1v) is 10.7. The summed E-state index contributed by atoms with van der Waals surface area (Å²) in [6, 6.07) is 2.47. The largest absolute Gasteiger partial charge is 0.444 e. The normalized spacial score (nSPS) is 21.2. The van der Waals surface area contributed by atoms with Gasteiger partial charge in [-0.1, -0.05) is 23.2 Å². The molecule has 33 heavy (non-hydrogen) atoms. The minimum atomic E-state index is -5.18. The molecule has 3 heterocycles. The molecular formula is C20H19Cl2F3N4O4. The van der Waals surface area contributed by atoms with E-state index >= 15 is 0 Å². The molecule has 0 spiro atoms. The van der Waals surface area contributed by atoms with Crippen LogP contribution in [0.15, 0.2) is 12.1 Å². The van der Waals surface area contributed by atoms with Crippen molar-refractivity contribution in [1.29, 1.82) is 0 Å². The lowest BCUT2D eigenvalue weighted by Crippen LogP contribution is -2.66. The molecule has 1 fully saturated rings. The highest BCUT2D eigenvalue weighted by Crippen LogP contribution is 2.44. The molecule has 178 valence electrons.